The summed E-state index contributed by atoms with van der Waals surface area (Å²) in [6, 6.07) is 3.92. The molecule has 0 spiro atoms. The molecule has 1 aliphatic heterocycles. The Morgan fingerprint density at radius 2 is 2.29 bits per heavy atom. The number of anilines is 1. The summed E-state index contributed by atoms with van der Waals surface area (Å²) in [6.45, 7) is 3.49. The second-order valence-corrected chi connectivity index (χ2v) is 4.76. The first-order valence-corrected chi connectivity index (χ1v) is 5.92. The van der Waals surface area contributed by atoms with Crippen LogP contribution in [0.3, 0.4) is 0 Å². The van der Waals surface area contributed by atoms with E-state index in [1.165, 1.54) is 18.2 Å². The Labute approximate surface area is 104 Å². The van der Waals surface area contributed by atoms with Gasteiger partial charge in [0.1, 0.15) is 5.82 Å². The van der Waals surface area contributed by atoms with Gasteiger partial charge in [-0.1, -0.05) is 18.5 Å². The van der Waals surface area contributed by atoms with E-state index in [1.807, 2.05) is 6.92 Å². The van der Waals surface area contributed by atoms with Crippen molar-refractivity contribution in [2.45, 2.75) is 6.92 Å². The fourth-order valence-corrected chi connectivity index (χ4v) is 2.14. The molecule has 0 bridgehead atoms. The summed E-state index contributed by atoms with van der Waals surface area (Å²) < 4.78 is 13.0. The van der Waals surface area contributed by atoms with E-state index in [2.05, 4.69) is 10.6 Å². The van der Waals surface area contributed by atoms with Crippen molar-refractivity contribution in [1.82, 2.24) is 5.32 Å². The van der Waals surface area contributed by atoms with Gasteiger partial charge in [0.05, 0.1) is 16.6 Å². The molecule has 1 aliphatic rings. The van der Waals surface area contributed by atoms with Crippen molar-refractivity contribution in [3.63, 3.8) is 0 Å². The monoisotopic (exact) mass is 256 g/mol. The third-order valence-corrected chi connectivity index (χ3v) is 3.37. The van der Waals surface area contributed by atoms with Crippen LogP contribution in [0.1, 0.15) is 6.92 Å². The zero-order valence-corrected chi connectivity index (χ0v) is 10.2. The van der Waals surface area contributed by atoms with Gasteiger partial charge in [0.15, 0.2) is 0 Å². The highest BCUT2D eigenvalue weighted by atomic mass is 35.5. The maximum Gasteiger partial charge on any atom is 0.229 e. The molecular weight excluding hydrogens is 243 g/mol. The van der Waals surface area contributed by atoms with Crippen molar-refractivity contribution in [3.8, 4) is 0 Å². The molecule has 1 heterocycles. The van der Waals surface area contributed by atoms with Gasteiger partial charge in [-0.2, -0.15) is 0 Å². The molecule has 2 rings (SSSR count). The van der Waals surface area contributed by atoms with Crippen molar-refractivity contribution in [2.75, 3.05) is 18.4 Å². The molecule has 0 radical (unpaired) electrons. The number of hydrogen-bond donors (Lipinski definition) is 2. The summed E-state index contributed by atoms with van der Waals surface area (Å²) in [4.78, 5) is 12.0. The fraction of sp³-hybridized carbons (Fsp3) is 0.417. The molecule has 92 valence electrons. The maximum atomic E-state index is 13.0. The molecule has 0 saturated carbocycles. The van der Waals surface area contributed by atoms with Crippen LogP contribution in [0.2, 0.25) is 5.02 Å². The number of benzene rings is 1. The number of nitrogens with one attached hydrogen (secondary N) is 2. The Bertz CT molecular complexity index is 439. The van der Waals surface area contributed by atoms with Crippen molar-refractivity contribution < 1.29 is 9.18 Å². The van der Waals surface area contributed by atoms with Crippen LogP contribution in [-0.2, 0) is 4.79 Å². The summed E-state index contributed by atoms with van der Waals surface area (Å²) >= 11 is 5.89. The summed E-state index contributed by atoms with van der Waals surface area (Å²) in [7, 11) is 0. The number of carbonyl (C=O) groups is 1. The van der Waals surface area contributed by atoms with E-state index in [4.69, 9.17) is 11.6 Å². The van der Waals surface area contributed by atoms with Crippen molar-refractivity contribution in [3.05, 3.63) is 29.0 Å². The molecule has 1 aromatic rings. The van der Waals surface area contributed by atoms with Gasteiger partial charge < -0.3 is 10.6 Å². The third-order valence-electron chi connectivity index (χ3n) is 3.04. The van der Waals surface area contributed by atoms with Crippen LogP contribution in [0.5, 0.6) is 0 Å². The first kappa shape index (κ1) is 12.3. The van der Waals surface area contributed by atoms with Gasteiger partial charge in [-0.3, -0.25) is 4.79 Å². The van der Waals surface area contributed by atoms with Crippen LogP contribution in [0.4, 0.5) is 10.1 Å². The largest absolute Gasteiger partial charge is 0.324 e. The van der Waals surface area contributed by atoms with E-state index in [9.17, 15) is 9.18 Å². The zero-order valence-electron chi connectivity index (χ0n) is 9.47. The first-order valence-electron chi connectivity index (χ1n) is 5.54. The average Bonchev–Trinajstić information content (AvgIpc) is 2.70. The lowest BCUT2D eigenvalue weighted by Crippen LogP contribution is -2.28. The number of halogens is 2. The van der Waals surface area contributed by atoms with Crippen LogP contribution >= 0.6 is 11.6 Å². The minimum Gasteiger partial charge on any atom is -0.324 e. The lowest BCUT2D eigenvalue weighted by Gasteiger charge is -2.14. The topological polar surface area (TPSA) is 41.1 Å². The van der Waals surface area contributed by atoms with Crippen molar-refractivity contribution >= 4 is 23.2 Å². The van der Waals surface area contributed by atoms with Gasteiger partial charge in [0.2, 0.25) is 5.91 Å². The molecule has 5 heteroatoms. The standard InChI is InChI=1S/C12H14ClFN2O/c1-7-5-15-6-9(7)12(17)16-11-4-8(14)2-3-10(11)13/h2-4,7,9,15H,5-6H2,1H3,(H,16,17)/t7-,9-/m1/s1. The molecule has 1 fully saturated rings. The molecule has 0 aliphatic carbocycles. The molecule has 0 aromatic heterocycles. The minimum absolute atomic E-state index is 0.0886. The predicted octanol–water partition coefficient (Wildman–Crippen LogP) is 2.27. The average molecular weight is 257 g/mol. The van der Waals surface area contributed by atoms with Gasteiger partial charge in [0, 0.05) is 6.54 Å². The second kappa shape index (κ2) is 5.02. The molecule has 1 aromatic carbocycles. The zero-order chi connectivity index (χ0) is 12.4. The van der Waals surface area contributed by atoms with E-state index in [0.717, 1.165) is 6.54 Å². The van der Waals surface area contributed by atoms with Gasteiger partial charge >= 0.3 is 0 Å². The van der Waals surface area contributed by atoms with E-state index in [1.54, 1.807) is 0 Å². The third kappa shape index (κ3) is 2.76. The van der Waals surface area contributed by atoms with E-state index in [0.29, 0.717) is 17.3 Å². The van der Waals surface area contributed by atoms with Gasteiger partial charge in [-0.05, 0) is 30.7 Å². The second-order valence-electron chi connectivity index (χ2n) is 4.36. The molecule has 0 unspecified atom stereocenters. The van der Waals surface area contributed by atoms with Crippen LogP contribution in [0, 0.1) is 17.7 Å². The lowest BCUT2D eigenvalue weighted by atomic mass is 9.97. The Balaban J connectivity index is 2.10. The number of carbonyl (C=O) groups excluding carboxylic acids is 1. The predicted molar refractivity (Wildman–Crippen MR) is 65.6 cm³/mol. The summed E-state index contributed by atoms with van der Waals surface area (Å²) in [6.07, 6.45) is 0. The van der Waals surface area contributed by atoms with Crippen LogP contribution in [0.15, 0.2) is 18.2 Å². The number of amides is 1. The fourth-order valence-electron chi connectivity index (χ4n) is 1.98. The number of rotatable bonds is 2. The van der Waals surface area contributed by atoms with Crippen LogP contribution in [-0.4, -0.2) is 19.0 Å². The molecule has 3 nitrogen and oxygen atoms in total. The maximum absolute atomic E-state index is 13.0. The molecule has 1 amide bonds. The minimum atomic E-state index is -0.415. The summed E-state index contributed by atoms with van der Waals surface area (Å²) in [5, 5.41) is 6.17. The van der Waals surface area contributed by atoms with E-state index in [-0.39, 0.29) is 17.7 Å². The van der Waals surface area contributed by atoms with E-state index < -0.39 is 5.82 Å². The van der Waals surface area contributed by atoms with Gasteiger partial charge in [-0.25, -0.2) is 4.39 Å². The Morgan fingerprint density at radius 3 is 2.94 bits per heavy atom. The molecule has 1 saturated heterocycles. The van der Waals surface area contributed by atoms with Crippen molar-refractivity contribution in [2.24, 2.45) is 11.8 Å². The number of hydrogen-bond acceptors (Lipinski definition) is 2. The SMILES string of the molecule is C[C@@H]1CNC[C@H]1C(=O)Nc1cc(F)ccc1Cl. The van der Waals surface area contributed by atoms with Crippen LogP contribution < -0.4 is 10.6 Å². The highest BCUT2D eigenvalue weighted by Crippen LogP contribution is 2.24. The highest BCUT2D eigenvalue weighted by molar-refractivity contribution is 6.33. The molecular formula is C12H14ClFN2O. The quantitative estimate of drug-likeness (QED) is 0.852. The summed E-state index contributed by atoms with van der Waals surface area (Å²) in [5.74, 6) is -0.339. The van der Waals surface area contributed by atoms with Crippen molar-refractivity contribution in [1.29, 1.82) is 0 Å². The Kier molecular flexibility index (Phi) is 3.64. The Morgan fingerprint density at radius 1 is 1.53 bits per heavy atom. The summed E-state index contributed by atoms with van der Waals surface area (Å²) in [5.41, 5.74) is 0.329. The highest BCUT2D eigenvalue weighted by Gasteiger charge is 2.29. The first-order chi connectivity index (χ1) is 8.08. The Hall–Kier alpha value is -1.13. The van der Waals surface area contributed by atoms with Crippen LogP contribution in [0.25, 0.3) is 0 Å². The van der Waals surface area contributed by atoms with Gasteiger partial charge in [-0.15, -0.1) is 0 Å². The molecule has 2 atom stereocenters. The molecule has 17 heavy (non-hydrogen) atoms. The van der Waals surface area contributed by atoms with E-state index >= 15 is 0 Å². The van der Waals surface area contributed by atoms with Gasteiger partial charge in [0.25, 0.3) is 0 Å². The molecule has 2 N–H and O–H groups in total. The lowest BCUT2D eigenvalue weighted by molar-refractivity contribution is -0.120. The normalized spacial score (nSPS) is 23.7. The smallest absolute Gasteiger partial charge is 0.229 e.